The number of likely N-dealkylation sites (tertiary alicyclic amines) is 1. The molecule has 1 fully saturated rings. The van der Waals surface area contributed by atoms with Crippen LogP contribution in [0.3, 0.4) is 0 Å². The van der Waals surface area contributed by atoms with Crippen LogP contribution >= 0.6 is 11.6 Å². The van der Waals surface area contributed by atoms with E-state index in [2.05, 4.69) is 5.32 Å². The number of hydrogen-bond donors (Lipinski definition) is 2. The van der Waals surface area contributed by atoms with Gasteiger partial charge < -0.3 is 15.0 Å². The number of rotatable bonds is 6. The molecule has 2 aromatic carbocycles. The highest BCUT2D eigenvalue weighted by Crippen LogP contribution is 2.27. The van der Waals surface area contributed by atoms with Crippen LogP contribution in [-0.4, -0.2) is 45.3 Å². The third kappa shape index (κ3) is 6.19. The van der Waals surface area contributed by atoms with Gasteiger partial charge in [-0.1, -0.05) is 23.7 Å². The number of sulfonamides is 1. The summed E-state index contributed by atoms with van der Waals surface area (Å²) < 4.78 is 27.6. The zero-order chi connectivity index (χ0) is 22.6. The van der Waals surface area contributed by atoms with Crippen LogP contribution in [0.4, 0.5) is 5.69 Å². The van der Waals surface area contributed by atoms with Crippen molar-refractivity contribution in [2.75, 3.05) is 25.5 Å². The molecule has 0 spiro atoms. The highest BCUT2D eigenvalue weighted by atomic mass is 35.5. The number of primary sulfonamides is 1. The van der Waals surface area contributed by atoms with Crippen molar-refractivity contribution in [2.24, 2.45) is 11.1 Å². The number of piperidine rings is 1. The number of nitrogens with zero attached hydrogens (tertiary/aromatic N) is 1. The highest BCUT2D eigenvalue weighted by molar-refractivity contribution is 7.88. The number of nitrogens with two attached hydrogens (primary N) is 1. The maximum absolute atomic E-state index is 12.9. The van der Waals surface area contributed by atoms with Gasteiger partial charge in [0.15, 0.2) is 0 Å². The summed E-state index contributed by atoms with van der Waals surface area (Å²) in [5, 5.41) is 8.33. The van der Waals surface area contributed by atoms with Crippen molar-refractivity contribution in [2.45, 2.75) is 18.6 Å². The molecule has 0 atom stereocenters. The third-order valence-electron chi connectivity index (χ3n) is 5.13. The second kappa shape index (κ2) is 9.67. The molecule has 1 aliphatic rings. The van der Waals surface area contributed by atoms with Crippen LogP contribution in [0.5, 0.6) is 5.75 Å². The van der Waals surface area contributed by atoms with Crippen LogP contribution in [0, 0.1) is 5.92 Å². The normalized spacial score (nSPS) is 14.9. The number of hydrogen-bond acceptors (Lipinski definition) is 5. The third-order valence-corrected chi connectivity index (χ3v) is 6.11. The van der Waals surface area contributed by atoms with Crippen molar-refractivity contribution in [3.05, 3.63) is 58.6 Å². The second-order valence-corrected chi connectivity index (χ2v) is 9.46. The molecule has 2 amide bonds. The molecular formula is C21H24ClN3O5S. The predicted molar refractivity (Wildman–Crippen MR) is 119 cm³/mol. The summed E-state index contributed by atoms with van der Waals surface area (Å²) in [6.07, 6.45) is 1.06. The Hall–Kier alpha value is -2.62. The monoisotopic (exact) mass is 465 g/mol. The van der Waals surface area contributed by atoms with Crippen LogP contribution in [0.2, 0.25) is 5.02 Å². The Labute approximate surface area is 186 Å². The fourth-order valence-electron chi connectivity index (χ4n) is 3.52. The Kier molecular flexibility index (Phi) is 7.19. The maximum atomic E-state index is 12.9. The number of ether oxygens (including phenoxy) is 1. The molecule has 0 aliphatic carbocycles. The lowest BCUT2D eigenvalue weighted by molar-refractivity contribution is -0.121. The summed E-state index contributed by atoms with van der Waals surface area (Å²) in [6.45, 7) is 0.889. The molecule has 3 N–H and O–H groups in total. The van der Waals surface area contributed by atoms with E-state index in [9.17, 15) is 18.0 Å². The number of amides is 2. The molecule has 10 heteroatoms. The number of anilines is 1. The second-order valence-electron chi connectivity index (χ2n) is 7.40. The molecule has 8 nitrogen and oxygen atoms in total. The van der Waals surface area contributed by atoms with Gasteiger partial charge in [-0.05, 0) is 48.7 Å². The van der Waals surface area contributed by atoms with Crippen molar-refractivity contribution in [3.8, 4) is 5.75 Å². The minimum Gasteiger partial charge on any atom is -0.496 e. The smallest absolute Gasteiger partial charge is 0.257 e. The predicted octanol–water partition coefficient (Wildman–Crippen LogP) is 2.63. The number of benzene rings is 2. The summed E-state index contributed by atoms with van der Waals surface area (Å²) in [7, 11) is -2.11. The Morgan fingerprint density at radius 1 is 1.16 bits per heavy atom. The zero-order valence-electron chi connectivity index (χ0n) is 17.0. The lowest BCUT2D eigenvalue weighted by Crippen LogP contribution is -2.41. The minimum atomic E-state index is -3.60. The Bertz CT molecular complexity index is 1060. The van der Waals surface area contributed by atoms with Gasteiger partial charge in [-0.2, -0.15) is 0 Å². The topological polar surface area (TPSA) is 119 Å². The standard InChI is InChI=1S/C21H24ClN3O5S/c1-30-19-7-4-16(22)12-18(19)21(27)25-10-8-15(9-11-25)20(26)24-17-5-2-14(3-6-17)13-31(23,28)29/h2-7,12,15H,8-11,13H2,1H3,(H,24,26)(H2,23,28,29). The summed E-state index contributed by atoms with van der Waals surface area (Å²) in [5.41, 5.74) is 1.52. The number of nitrogens with one attached hydrogen (secondary N) is 1. The lowest BCUT2D eigenvalue weighted by atomic mass is 9.95. The van der Waals surface area contributed by atoms with Gasteiger partial charge in [0.2, 0.25) is 15.9 Å². The summed E-state index contributed by atoms with van der Waals surface area (Å²) in [6, 6.07) is 11.4. The Balaban J connectivity index is 1.56. The summed E-state index contributed by atoms with van der Waals surface area (Å²) >= 11 is 6.02. The molecule has 1 aliphatic heterocycles. The van der Waals surface area contributed by atoms with Gasteiger partial charge in [-0.3, -0.25) is 9.59 Å². The first-order valence-corrected chi connectivity index (χ1v) is 11.8. The van der Waals surface area contributed by atoms with Crippen molar-refractivity contribution in [3.63, 3.8) is 0 Å². The van der Waals surface area contributed by atoms with Crippen LogP contribution in [0.25, 0.3) is 0 Å². The highest BCUT2D eigenvalue weighted by Gasteiger charge is 2.29. The van der Waals surface area contributed by atoms with Gasteiger partial charge in [0.05, 0.1) is 18.4 Å². The molecule has 0 radical (unpaired) electrons. The van der Waals surface area contributed by atoms with E-state index in [1.54, 1.807) is 47.4 Å². The molecular weight excluding hydrogens is 442 g/mol. The molecule has 3 rings (SSSR count). The largest absolute Gasteiger partial charge is 0.496 e. The molecule has 0 unspecified atom stereocenters. The van der Waals surface area contributed by atoms with Crippen molar-refractivity contribution in [1.29, 1.82) is 0 Å². The Morgan fingerprint density at radius 3 is 2.39 bits per heavy atom. The SMILES string of the molecule is COc1ccc(Cl)cc1C(=O)N1CCC(C(=O)Nc2ccc(CS(N)(=O)=O)cc2)CC1. The van der Waals surface area contributed by atoms with Crippen molar-refractivity contribution >= 4 is 39.1 Å². The molecule has 1 saturated heterocycles. The van der Waals surface area contributed by atoms with Gasteiger partial charge in [-0.15, -0.1) is 0 Å². The van der Waals surface area contributed by atoms with E-state index in [1.165, 1.54) is 7.11 Å². The van der Waals surface area contributed by atoms with E-state index >= 15 is 0 Å². The quantitative estimate of drug-likeness (QED) is 0.679. The van der Waals surface area contributed by atoms with Gasteiger partial charge >= 0.3 is 0 Å². The van der Waals surface area contributed by atoms with E-state index in [-0.39, 0.29) is 23.5 Å². The molecule has 0 saturated carbocycles. The van der Waals surface area contributed by atoms with E-state index < -0.39 is 10.0 Å². The molecule has 0 aromatic heterocycles. The molecule has 0 bridgehead atoms. The van der Waals surface area contributed by atoms with Crippen LogP contribution in [0.1, 0.15) is 28.8 Å². The fourth-order valence-corrected chi connectivity index (χ4v) is 4.35. The van der Waals surface area contributed by atoms with Crippen LogP contribution in [0.15, 0.2) is 42.5 Å². The number of methoxy groups -OCH3 is 1. The molecule has 1 heterocycles. The van der Waals surface area contributed by atoms with Gasteiger partial charge in [0.1, 0.15) is 5.75 Å². The molecule has 31 heavy (non-hydrogen) atoms. The first-order valence-electron chi connectivity index (χ1n) is 9.69. The maximum Gasteiger partial charge on any atom is 0.257 e. The molecule has 2 aromatic rings. The van der Waals surface area contributed by atoms with Gasteiger partial charge in [0.25, 0.3) is 5.91 Å². The van der Waals surface area contributed by atoms with Gasteiger partial charge in [-0.25, -0.2) is 13.6 Å². The Morgan fingerprint density at radius 2 is 1.81 bits per heavy atom. The van der Waals surface area contributed by atoms with E-state index in [0.717, 1.165) is 0 Å². The average molecular weight is 466 g/mol. The van der Waals surface area contributed by atoms with Crippen LogP contribution < -0.4 is 15.2 Å². The van der Waals surface area contributed by atoms with E-state index in [1.807, 2.05) is 0 Å². The fraction of sp³-hybridized carbons (Fsp3) is 0.333. The van der Waals surface area contributed by atoms with Gasteiger partial charge in [0, 0.05) is 29.7 Å². The lowest BCUT2D eigenvalue weighted by Gasteiger charge is -2.31. The first-order chi connectivity index (χ1) is 14.7. The van der Waals surface area contributed by atoms with Crippen LogP contribution in [-0.2, 0) is 20.6 Å². The average Bonchev–Trinajstić information content (AvgIpc) is 2.73. The molecule has 166 valence electrons. The van der Waals surface area contributed by atoms with E-state index in [0.29, 0.717) is 53.5 Å². The zero-order valence-corrected chi connectivity index (χ0v) is 18.6. The van der Waals surface area contributed by atoms with Crippen molar-refractivity contribution in [1.82, 2.24) is 4.90 Å². The number of carbonyl (C=O) groups is 2. The summed E-state index contributed by atoms with van der Waals surface area (Å²) in [4.78, 5) is 27.2. The first kappa shape index (κ1) is 23.1. The summed E-state index contributed by atoms with van der Waals surface area (Å²) in [5.74, 6) is -0.338. The minimum absolute atomic E-state index is 0.133. The van der Waals surface area contributed by atoms with E-state index in [4.69, 9.17) is 21.5 Å². The number of carbonyl (C=O) groups excluding carboxylic acids is 2. The number of halogens is 1. The van der Waals surface area contributed by atoms with Crippen molar-refractivity contribution < 1.29 is 22.7 Å².